The van der Waals surface area contributed by atoms with Gasteiger partial charge >= 0.3 is 19.8 Å². The van der Waals surface area contributed by atoms with E-state index < -0.39 is 26.5 Å². The fourth-order valence-corrected chi connectivity index (χ4v) is 7.63. The molecule has 0 saturated carbocycles. The van der Waals surface area contributed by atoms with Gasteiger partial charge in [-0.25, -0.2) is 4.57 Å². The van der Waals surface area contributed by atoms with E-state index in [4.69, 9.17) is 24.3 Å². The zero-order valence-electron chi connectivity index (χ0n) is 36.6. The van der Waals surface area contributed by atoms with Crippen molar-refractivity contribution in [1.82, 2.24) is 0 Å². The van der Waals surface area contributed by atoms with Crippen LogP contribution in [0.25, 0.3) is 0 Å². The average Bonchev–Trinajstić information content (AvgIpc) is 3.18. The first-order valence-corrected chi connectivity index (χ1v) is 25.2. The van der Waals surface area contributed by atoms with Gasteiger partial charge in [0.25, 0.3) is 0 Å². The molecule has 0 aliphatic rings. The number of carbonyl (C=O) groups is 2. The molecular formula is C46H90NO8P. The summed E-state index contributed by atoms with van der Waals surface area (Å²) in [5.74, 6) is -0.820. The Balaban J connectivity index is 4.07. The number of hydrogen-bond donors (Lipinski definition) is 2. The van der Waals surface area contributed by atoms with E-state index >= 15 is 0 Å². The number of allylic oxidation sites excluding steroid dienone is 2. The summed E-state index contributed by atoms with van der Waals surface area (Å²) in [5.41, 5.74) is 5.36. The number of unbranched alkanes of at least 4 members (excludes halogenated alkanes) is 30. The first-order chi connectivity index (χ1) is 27.3. The first-order valence-electron chi connectivity index (χ1n) is 23.7. The van der Waals surface area contributed by atoms with Gasteiger partial charge in [0.15, 0.2) is 6.10 Å². The molecule has 3 N–H and O–H groups in total. The van der Waals surface area contributed by atoms with Crippen molar-refractivity contribution in [2.75, 3.05) is 26.4 Å². The van der Waals surface area contributed by atoms with E-state index in [2.05, 4.69) is 26.0 Å². The number of esters is 2. The molecule has 0 radical (unpaired) electrons. The highest BCUT2D eigenvalue weighted by atomic mass is 31.2. The highest BCUT2D eigenvalue weighted by Gasteiger charge is 2.26. The molecule has 332 valence electrons. The van der Waals surface area contributed by atoms with Crippen molar-refractivity contribution in [3.63, 3.8) is 0 Å². The van der Waals surface area contributed by atoms with Crippen LogP contribution in [0.2, 0.25) is 0 Å². The van der Waals surface area contributed by atoms with Crippen molar-refractivity contribution in [3.8, 4) is 0 Å². The number of carbonyl (C=O) groups excluding carboxylic acids is 2. The summed E-state index contributed by atoms with van der Waals surface area (Å²) >= 11 is 0. The molecule has 0 bridgehead atoms. The molecule has 10 heteroatoms. The minimum Gasteiger partial charge on any atom is -0.462 e. The number of nitrogens with two attached hydrogens (primary N) is 1. The van der Waals surface area contributed by atoms with Gasteiger partial charge in [-0.1, -0.05) is 199 Å². The summed E-state index contributed by atoms with van der Waals surface area (Å²) < 4.78 is 32.9. The maximum atomic E-state index is 12.6. The Labute approximate surface area is 345 Å². The van der Waals surface area contributed by atoms with Crippen molar-refractivity contribution in [2.24, 2.45) is 5.73 Å². The molecule has 0 amide bonds. The number of ether oxygens (including phenoxy) is 2. The lowest BCUT2D eigenvalue weighted by Gasteiger charge is -2.19. The molecule has 0 aromatic rings. The molecule has 2 atom stereocenters. The molecule has 0 fully saturated rings. The van der Waals surface area contributed by atoms with E-state index in [9.17, 15) is 19.0 Å². The van der Waals surface area contributed by atoms with Gasteiger partial charge in [-0.15, -0.1) is 0 Å². The van der Waals surface area contributed by atoms with E-state index in [1.807, 2.05) is 0 Å². The van der Waals surface area contributed by atoms with E-state index in [1.165, 1.54) is 161 Å². The van der Waals surface area contributed by atoms with E-state index in [0.29, 0.717) is 6.42 Å². The number of phosphoric acid groups is 1. The molecular weight excluding hydrogens is 725 g/mol. The summed E-state index contributed by atoms with van der Waals surface area (Å²) in [7, 11) is -4.37. The van der Waals surface area contributed by atoms with Crippen LogP contribution in [0.5, 0.6) is 0 Å². The lowest BCUT2D eigenvalue weighted by molar-refractivity contribution is -0.161. The molecule has 0 aromatic carbocycles. The van der Waals surface area contributed by atoms with Gasteiger partial charge in [0, 0.05) is 19.4 Å². The molecule has 56 heavy (non-hydrogen) atoms. The minimum atomic E-state index is -4.37. The molecule has 0 heterocycles. The van der Waals surface area contributed by atoms with Crippen molar-refractivity contribution in [3.05, 3.63) is 12.2 Å². The zero-order chi connectivity index (χ0) is 41.1. The van der Waals surface area contributed by atoms with E-state index in [0.717, 1.165) is 44.9 Å². The van der Waals surface area contributed by atoms with Gasteiger partial charge in [-0.3, -0.25) is 18.6 Å². The Kier molecular flexibility index (Phi) is 42.4. The summed E-state index contributed by atoms with van der Waals surface area (Å²) in [4.78, 5) is 34.9. The third-order valence-corrected chi connectivity index (χ3v) is 11.4. The molecule has 0 aliphatic carbocycles. The highest BCUT2D eigenvalue weighted by Crippen LogP contribution is 2.43. The summed E-state index contributed by atoms with van der Waals surface area (Å²) in [6, 6.07) is 0. The predicted octanol–water partition coefficient (Wildman–Crippen LogP) is 13.8. The third kappa shape index (κ3) is 42.4. The smallest absolute Gasteiger partial charge is 0.462 e. The largest absolute Gasteiger partial charge is 0.472 e. The van der Waals surface area contributed by atoms with Crippen molar-refractivity contribution < 1.29 is 37.6 Å². The second-order valence-corrected chi connectivity index (χ2v) is 17.4. The normalized spacial score (nSPS) is 13.3. The van der Waals surface area contributed by atoms with Crippen molar-refractivity contribution in [1.29, 1.82) is 0 Å². The minimum absolute atomic E-state index is 0.0556. The quantitative estimate of drug-likeness (QED) is 0.0266. The Morgan fingerprint density at radius 2 is 0.875 bits per heavy atom. The summed E-state index contributed by atoms with van der Waals surface area (Å²) in [5, 5.41) is 0. The van der Waals surface area contributed by atoms with Crippen LogP contribution in [-0.2, 0) is 32.7 Å². The molecule has 0 rings (SSSR count). The molecule has 1 unspecified atom stereocenters. The lowest BCUT2D eigenvalue weighted by atomic mass is 10.0. The van der Waals surface area contributed by atoms with E-state index in [1.54, 1.807) is 0 Å². The van der Waals surface area contributed by atoms with Gasteiger partial charge in [0.2, 0.25) is 0 Å². The van der Waals surface area contributed by atoms with Crippen LogP contribution in [0.1, 0.15) is 239 Å². The Morgan fingerprint density at radius 3 is 1.27 bits per heavy atom. The van der Waals surface area contributed by atoms with E-state index in [-0.39, 0.29) is 38.6 Å². The zero-order valence-corrected chi connectivity index (χ0v) is 37.5. The Morgan fingerprint density at radius 1 is 0.518 bits per heavy atom. The molecule has 0 aromatic heterocycles. The Hall–Kier alpha value is -1.25. The molecule has 0 spiro atoms. The number of rotatable bonds is 45. The van der Waals surface area contributed by atoms with Crippen LogP contribution in [0, 0.1) is 0 Å². The van der Waals surface area contributed by atoms with Crippen LogP contribution in [0.3, 0.4) is 0 Å². The SMILES string of the molecule is CCCCCCCC/C=C\CCCCCCCCCC(=O)O[C@H](COC(=O)CCCCCCCCCCCCCCCCCCCC)COP(=O)(O)OCCN. The van der Waals surface area contributed by atoms with Crippen molar-refractivity contribution in [2.45, 2.75) is 245 Å². The monoisotopic (exact) mass is 816 g/mol. The van der Waals surface area contributed by atoms with Gasteiger partial charge < -0.3 is 20.1 Å². The topological polar surface area (TPSA) is 134 Å². The number of phosphoric ester groups is 1. The van der Waals surface area contributed by atoms with Gasteiger partial charge in [-0.05, 0) is 38.5 Å². The van der Waals surface area contributed by atoms with Crippen LogP contribution in [-0.4, -0.2) is 49.3 Å². The van der Waals surface area contributed by atoms with Gasteiger partial charge in [0.05, 0.1) is 13.2 Å². The molecule has 0 aliphatic heterocycles. The highest BCUT2D eigenvalue weighted by molar-refractivity contribution is 7.47. The maximum absolute atomic E-state index is 12.6. The average molecular weight is 816 g/mol. The summed E-state index contributed by atoms with van der Waals surface area (Å²) in [6.07, 6.45) is 45.2. The maximum Gasteiger partial charge on any atom is 0.472 e. The first kappa shape index (κ1) is 54.8. The fourth-order valence-electron chi connectivity index (χ4n) is 6.87. The molecule has 9 nitrogen and oxygen atoms in total. The second-order valence-electron chi connectivity index (χ2n) is 16.0. The Bertz CT molecular complexity index is 933. The van der Waals surface area contributed by atoms with Crippen LogP contribution < -0.4 is 5.73 Å². The summed E-state index contributed by atoms with van der Waals surface area (Å²) in [6.45, 7) is 3.77. The third-order valence-electron chi connectivity index (χ3n) is 10.4. The van der Waals surface area contributed by atoms with Gasteiger partial charge in [0.1, 0.15) is 6.61 Å². The molecule has 0 saturated heterocycles. The van der Waals surface area contributed by atoms with Crippen LogP contribution >= 0.6 is 7.82 Å². The standard InChI is InChI=1S/C46H90NO8P/c1-3-5-7-9-11-13-15-17-19-21-23-24-26-28-30-32-34-36-38-45(48)52-42-44(43-54-56(50,51)53-41-40-47)55-46(49)39-37-35-33-31-29-27-25-22-20-18-16-14-12-10-8-6-4-2/h18,20,44H,3-17,19,21-43,47H2,1-2H3,(H,50,51)/b20-18-/t44-/m1/s1. The van der Waals surface area contributed by atoms with Gasteiger partial charge in [-0.2, -0.15) is 0 Å². The number of hydrogen-bond acceptors (Lipinski definition) is 8. The second kappa shape index (κ2) is 43.3. The van der Waals surface area contributed by atoms with Crippen molar-refractivity contribution >= 4 is 19.8 Å². The lowest BCUT2D eigenvalue weighted by Crippen LogP contribution is -2.29. The predicted molar refractivity (Wildman–Crippen MR) is 234 cm³/mol. The fraction of sp³-hybridized carbons (Fsp3) is 0.913. The van der Waals surface area contributed by atoms with Crippen LogP contribution in [0.15, 0.2) is 12.2 Å². The van der Waals surface area contributed by atoms with Crippen LogP contribution in [0.4, 0.5) is 0 Å².